The van der Waals surface area contributed by atoms with Crippen molar-refractivity contribution in [3.8, 4) is 0 Å². The molecule has 0 saturated carbocycles. The lowest BCUT2D eigenvalue weighted by molar-refractivity contribution is -0.139. The van der Waals surface area contributed by atoms with Gasteiger partial charge in [0.1, 0.15) is 0 Å². The molecule has 110 valence electrons. The average Bonchev–Trinajstić information content (AvgIpc) is 3.02. The molecule has 0 radical (unpaired) electrons. The Morgan fingerprint density at radius 3 is 2.57 bits per heavy atom. The molecule has 3 rings (SSSR count). The second-order valence-corrected chi connectivity index (χ2v) is 5.46. The summed E-state index contributed by atoms with van der Waals surface area (Å²) in [7, 11) is 3.71. The Kier molecular flexibility index (Phi) is 3.61. The highest BCUT2D eigenvalue weighted by molar-refractivity contribution is 5.95. The summed E-state index contributed by atoms with van der Waals surface area (Å²) < 4.78 is 1.76. The molecular weight excluding hydrogens is 266 g/mol. The van der Waals surface area contributed by atoms with Gasteiger partial charge in [-0.2, -0.15) is 5.06 Å². The minimum atomic E-state index is -0.265. The van der Waals surface area contributed by atoms with Crippen molar-refractivity contribution in [1.82, 2.24) is 14.6 Å². The van der Waals surface area contributed by atoms with E-state index < -0.39 is 0 Å². The smallest absolute Gasteiger partial charge is 0.205 e. The van der Waals surface area contributed by atoms with Gasteiger partial charge in [0.15, 0.2) is 5.82 Å². The number of hydroxylamine groups is 2. The maximum atomic E-state index is 12.9. The molecule has 1 saturated heterocycles. The summed E-state index contributed by atoms with van der Waals surface area (Å²) in [6, 6.07) is 9.90. The van der Waals surface area contributed by atoms with Crippen LogP contribution in [-0.2, 0) is 11.9 Å². The number of Topliss-reactive ketones (excluding diaryl/α,β-unsaturated/α-hetero) is 1. The lowest BCUT2D eigenvalue weighted by Crippen LogP contribution is -2.29. The minimum absolute atomic E-state index is 0.0215. The largest absolute Gasteiger partial charge is 0.332 e. The van der Waals surface area contributed by atoms with E-state index in [0.29, 0.717) is 5.82 Å². The van der Waals surface area contributed by atoms with E-state index in [1.807, 2.05) is 51.4 Å². The van der Waals surface area contributed by atoms with Crippen LogP contribution in [0, 0.1) is 5.92 Å². The van der Waals surface area contributed by atoms with Gasteiger partial charge in [0.25, 0.3) is 0 Å². The Bertz CT molecular complexity index is 638. The van der Waals surface area contributed by atoms with E-state index in [0.717, 1.165) is 5.56 Å². The van der Waals surface area contributed by atoms with Gasteiger partial charge in [-0.3, -0.25) is 9.63 Å². The van der Waals surface area contributed by atoms with Crippen LogP contribution in [0.25, 0.3) is 0 Å². The first-order chi connectivity index (χ1) is 10.1. The van der Waals surface area contributed by atoms with Crippen LogP contribution in [0.2, 0.25) is 0 Å². The number of ketones is 1. The molecule has 5 nitrogen and oxygen atoms in total. The zero-order valence-electron chi connectivity index (χ0n) is 12.4. The summed E-state index contributed by atoms with van der Waals surface area (Å²) >= 11 is 0. The number of rotatable bonds is 3. The lowest BCUT2D eigenvalue weighted by Gasteiger charge is -2.22. The second kappa shape index (κ2) is 5.42. The highest BCUT2D eigenvalue weighted by atomic mass is 16.7. The number of aryl methyl sites for hydroxylation is 1. The highest BCUT2D eigenvalue weighted by Crippen LogP contribution is 2.39. The van der Waals surface area contributed by atoms with Crippen LogP contribution in [0.1, 0.15) is 29.1 Å². The van der Waals surface area contributed by atoms with Crippen LogP contribution in [0.5, 0.6) is 0 Å². The lowest BCUT2D eigenvalue weighted by atomic mass is 9.86. The molecule has 1 aromatic carbocycles. The van der Waals surface area contributed by atoms with Crippen molar-refractivity contribution in [3.05, 3.63) is 54.1 Å². The van der Waals surface area contributed by atoms with Gasteiger partial charge in [0.05, 0.1) is 18.1 Å². The van der Waals surface area contributed by atoms with Crippen molar-refractivity contribution in [2.45, 2.75) is 19.1 Å². The molecule has 0 aliphatic carbocycles. The van der Waals surface area contributed by atoms with Gasteiger partial charge in [-0.05, 0) is 12.5 Å². The van der Waals surface area contributed by atoms with E-state index in [1.165, 1.54) is 0 Å². The summed E-state index contributed by atoms with van der Waals surface area (Å²) in [5, 5.41) is 1.78. The van der Waals surface area contributed by atoms with Crippen LogP contribution in [-0.4, -0.2) is 33.5 Å². The molecule has 1 aliphatic heterocycles. The number of carbonyl (C=O) groups is 1. The maximum Gasteiger partial charge on any atom is 0.205 e. The fourth-order valence-electron chi connectivity index (χ4n) is 3.05. The summed E-state index contributed by atoms with van der Waals surface area (Å²) in [5.74, 6) is 0.235. The van der Waals surface area contributed by atoms with E-state index in [2.05, 4.69) is 4.98 Å². The molecule has 0 unspecified atom stereocenters. The van der Waals surface area contributed by atoms with Crippen molar-refractivity contribution in [2.24, 2.45) is 13.0 Å². The molecule has 1 aromatic heterocycles. The van der Waals surface area contributed by atoms with Gasteiger partial charge in [0.2, 0.25) is 5.78 Å². The topological polar surface area (TPSA) is 47.4 Å². The summed E-state index contributed by atoms with van der Waals surface area (Å²) in [6.07, 6.45) is 3.26. The molecule has 21 heavy (non-hydrogen) atoms. The van der Waals surface area contributed by atoms with Crippen LogP contribution >= 0.6 is 0 Å². The molecule has 3 atom stereocenters. The molecule has 1 aliphatic rings. The molecule has 0 spiro atoms. The zero-order valence-corrected chi connectivity index (χ0v) is 12.4. The third kappa shape index (κ3) is 2.39. The van der Waals surface area contributed by atoms with Gasteiger partial charge in [-0.15, -0.1) is 0 Å². The number of hydrogen-bond donors (Lipinski definition) is 0. The van der Waals surface area contributed by atoms with Crippen molar-refractivity contribution < 1.29 is 9.63 Å². The Balaban J connectivity index is 1.98. The normalized spacial score (nSPS) is 26.1. The van der Waals surface area contributed by atoms with E-state index in [9.17, 15) is 4.79 Å². The SMILES string of the molecule is C[C@H]1ON(C)[C@@H](c2ccccc2)[C@@H]1C(=O)c1nccn1C. The van der Waals surface area contributed by atoms with Crippen LogP contribution in [0.4, 0.5) is 0 Å². The van der Waals surface area contributed by atoms with E-state index in [4.69, 9.17) is 4.84 Å². The third-order valence-electron chi connectivity index (χ3n) is 4.06. The van der Waals surface area contributed by atoms with Crippen LogP contribution in [0.15, 0.2) is 42.7 Å². The molecule has 2 heterocycles. The monoisotopic (exact) mass is 285 g/mol. The predicted molar refractivity (Wildman–Crippen MR) is 78.5 cm³/mol. The number of benzene rings is 1. The quantitative estimate of drug-likeness (QED) is 0.811. The van der Waals surface area contributed by atoms with E-state index in [1.54, 1.807) is 22.0 Å². The third-order valence-corrected chi connectivity index (χ3v) is 4.06. The fraction of sp³-hybridized carbons (Fsp3) is 0.375. The molecule has 0 amide bonds. The number of nitrogens with zero attached hydrogens (tertiary/aromatic N) is 3. The molecule has 0 N–H and O–H groups in total. The predicted octanol–water partition coefficient (Wildman–Crippen LogP) is 2.23. The molecule has 5 heteroatoms. The second-order valence-electron chi connectivity index (χ2n) is 5.46. The van der Waals surface area contributed by atoms with E-state index in [-0.39, 0.29) is 23.8 Å². The van der Waals surface area contributed by atoms with Crippen molar-refractivity contribution >= 4 is 5.78 Å². The number of hydrogen-bond acceptors (Lipinski definition) is 4. The average molecular weight is 285 g/mol. The van der Waals surface area contributed by atoms with Crippen molar-refractivity contribution in [1.29, 1.82) is 0 Å². The first-order valence-electron chi connectivity index (χ1n) is 7.05. The molecule has 0 bridgehead atoms. The van der Waals surface area contributed by atoms with Crippen molar-refractivity contribution in [2.75, 3.05) is 7.05 Å². The molecular formula is C16H19N3O2. The molecule has 1 fully saturated rings. The summed E-state index contributed by atoms with van der Waals surface area (Å²) in [5.41, 5.74) is 1.08. The van der Waals surface area contributed by atoms with Gasteiger partial charge in [-0.25, -0.2) is 4.98 Å². The maximum absolute atomic E-state index is 12.9. The highest BCUT2D eigenvalue weighted by Gasteiger charge is 2.45. The minimum Gasteiger partial charge on any atom is -0.332 e. The van der Waals surface area contributed by atoms with Crippen LogP contribution in [0.3, 0.4) is 0 Å². The van der Waals surface area contributed by atoms with Gasteiger partial charge in [-0.1, -0.05) is 30.3 Å². The number of imidazole rings is 1. The van der Waals surface area contributed by atoms with Crippen LogP contribution < -0.4 is 0 Å². The zero-order chi connectivity index (χ0) is 15.0. The molecule has 2 aromatic rings. The Morgan fingerprint density at radius 2 is 1.95 bits per heavy atom. The fourth-order valence-corrected chi connectivity index (χ4v) is 3.05. The first-order valence-corrected chi connectivity index (χ1v) is 7.05. The van der Waals surface area contributed by atoms with Gasteiger partial charge < -0.3 is 4.57 Å². The Morgan fingerprint density at radius 1 is 1.24 bits per heavy atom. The number of aromatic nitrogens is 2. The van der Waals surface area contributed by atoms with Gasteiger partial charge in [0, 0.05) is 26.5 Å². The first kappa shape index (κ1) is 14.0. The Hall–Kier alpha value is -1.98. The number of carbonyl (C=O) groups excluding carboxylic acids is 1. The Labute approximate surface area is 124 Å². The summed E-state index contributed by atoms with van der Waals surface area (Å²) in [4.78, 5) is 22.8. The standard InChI is InChI=1S/C16H19N3O2/c1-11-13(15(20)16-17-9-10-18(16)2)14(19(3)21-11)12-7-5-4-6-8-12/h4-11,13-14H,1-3H3/t11-,13-,14+/m1/s1. The summed E-state index contributed by atoms with van der Waals surface area (Å²) in [6.45, 7) is 1.94. The van der Waals surface area contributed by atoms with Gasteiger partial charge >= 0.3 is 0 Å². The van der Waals surface area contributed by atoms with E-state index >= 15 is 0 Å². The van der Waals surface area contributed by atoms with Crippen molar-refractivity contribution in [3.63, 3.8) is 0 Å².